The van der Waals surface area contributed by atoms with Crippen LogP contribution < -0.4 is 11.1 Å². The van der Waals surface area contributed by atoms with Crippen LogP contribution in [0.4, 0.5) is 0 Å². The summed E-state index contributed by atoms with van der Waals surface area (Å²) in [4.78, 5) is 12.4. The second kappa shape index (κ2) is 7.44. The molecule has 20 heavy (non-hydrogen) atoms. The van der Waals surface area contributed by atoms with Crippen LogP contribution in [0.2, 0.25) is 0 Å². The summed E-state index contributed by atoms with van der Waals surface area (Å²) in [6, 6.07) is 10.4. The molecule has 3 atom stereocenters. The van der Waals surface area contributed by atoms with Crippen LogP contribution in [0.3, 0.4) is 0 Å². The van der Waals surface area contributed by atoms with Gasteiger partial charge in [0.1, 0.15) is 0 Å². The molecule has 0 aromatic heterocycles. The first kappa shape index (κ1) is 15.0. The molecular formula is C17H26N2O. The summed E-state index contributed by atoms with van der Waals surface area (Å²) in [5.74, 6) is 0.669. The molecule has 1 saturated carbocycles. The molecular weight excluding hydrogens is 248 g/mol. The van der Waals surface area contributed by atoms with E-state index >= 15 is 0 Å². The highest BCUT2D eigenvalue weighted by atomic mass is 16.1. The topological polar surface area (TPSA) is 55.1 Å². The van der Waals surface area contributed by atoms with Crippen molar-refractivity contribution < 1.29 is 4.79 Å². The summed E-state index contributed by atoms with van der Waals surface area (Å²) < 4.78 is 0. The normalized spacial score (nSPS) is 24.1. The predicted molar refractivity (Wildman–Crippen MR) is 82.4 cm³/mol. The van der Waals surface area contributed by atoms with E-state index in [0.29, 0.717) is 12.0 Å². The van der Waals surface area contributed by atoms with Crippen LogP contribution in [0.15, 0.2) is 30.3 Å². The van der Waals surface area contributed by atoms with Crippen LogP contribution in [0, 0.1) is 5.92 Å². The third-order valence-corrected chi connectivity index (χ3v) is 4.32. The number of carbonyl (C=O) groups is 1. The van der Waals surface area contributed by atoms with Crippen molar-refractivity contribution >= 4 is 5.91 Å². The van der Waals surface area contributed by atoms with Crippen molar-refractivity contribution in [2.45, 2.75) is 51.0 Å². The van der Waals surface area contributed by atoms with Gasteiger partial charge in [0.25, 0.3) is 0 Å². The molecule has 0 bridgehead atoms. The van der Waals surface area contributed by atoms with Gasteiger partial charge in [0.15, 0.2) is 0 Å². The van der Waals surface area contributed by atoms with Crippen molar-refractivity contribution in [2.75, 3.05) is 6.54 Å². The third-order valence-electron chi connectivity index (χ3n) is 4.32. The number of rotatable bonds is 5. The lowest BCUT2D eigenvalue weighted by atomic mass is 9.86. The van der Waals surface area contributed by atoms with E-state index in [2.05, 4.69) is 12.2 Å². The van der Waals surface area contributed by atoms with Gasteiger partial charge in [-0.15, -0.1) is 0 Å². The Morgan fingerprint density at radius 2 is 2.10 bits per heavy atom. The van der Waals surface area contributed by atoms with Gasteiger partial charge in [0.2, 0.25) is 5.91 Å². The van der Waals surface area contributed by atoms with E-state index in [1.54, 1.807) is 0 Å². The van der Waals surface area contributed by atoms with Gasteiger partial charge in [-0.25, -0.2) is 0 Å². The van der Waals surface area contributed by atoms with Crippen molar-refractivity contribution in [3.63, 3.8) is 0 Å². The number of amides is 1. The average Bonchev–Trinajstić information content (AvgIpc) is 2.47. The summed E-state index contributed by atoms with van der Waals surface area (Å²) in [7, 11) is 0. The lowest BCUT2D eigenvalue weighted by molar-refractivity contribution is -0.122. The molecule has 3 heteroatoms. The maximum atomic E-state index is 12.4. The lowest BCUT2D eigenvalue weighted by Gasteiger charge is -2.27. The first-order valence-corrected chi connectivity index (χ1v) is 7.79. The molecule has 0 heterocycles. The summed E-state index contributed by atoms with van der Waals surface area (Å²) in [6.07, 6.45) is 5.39. The molecule has 110 valence electrons. The first-order chi connectivity index (χ1) is 9.70. The molecule has 0 radical (unpaired) electrons. The zero-order valence-electron chi connectivity index (χ0n) is 12.3. The fraction of sp³-hybridized carbons (Fsp3) is 0.588. The van der Waals surface area contributed by atoms with Gasteiger partial charge < -0.3 is 11.1 Å². The number of nitrogens with one attached hydrogen (secondary N) is 1. The minimum Gasteiger partial charge on any atom is -0.355 e. The number of hydrogen-bond donors (Lipinski definition) is 2. The highest BCUT2D eigenvalue weighted by molar-refractivity contribution is 5.83. The van der Waals surface area contributed by atoms with Gasteiger partial charge in [0, 0.05) is 12.6 Å². The third kappa shape index (κ3) is 4.07. The van der Waals surface area contributed by atoms with E-state index in [-0.39, 0.29) is 11.8 Å². The zero-order valence-corrected chi connectivity index (χ0v) is 12.3. The fourth-order valence-electron chi connectivity index (χ4n) is 3.14. The molecule has 0 aliphatic heterocycles. The van der Waals surface area contributed by atoms with Crippen LogP contribution in [0.25, 0.3) is 0 Å². The Hall–Kier alpha value is -1.35. The van der Waals surface area contributed by atoms with Crippen LogP contribution in [-0.2, 0) is 4.79 Å². The summed E-state index contributed by atoms with van der Waals surface area (Å²) in [5, 5.41) is 3.13. The number of benzene rings is 1. The number of carbonyl (C=O) groups excluding carboxylic acids is 1. The van der Waals surface area contributed by atoms with Crippen LogP contribution in [0.5, 0.6) is 0 Å². The molecule has 1 aromatic rings. The Bertz CT molecular complexity index is 418. The average molecular weight is 274 g/mol. The highest BCUT2D eigenvalue weighted by Crippen LogP contribution is 2.23. The Morgan fingerprint density at radius 1 is 1.35 bits per heavy atom. The van der Waals surface area contributed by atoms with E-state index < -0.39 is 0 Å². The van der Waals surface area contributed by atoms with Crippen molar-refractivity contribution in [2.24, 2.45) is 11.7 Å². The first-order valence-electron chi connectivity index (χ1n) is 7.79. The second-order valence-corrected chi connectivity index (χ2v) is 5.91. The van der Waals surface area contributed by atoms with E-state index in [9.17, 15) is 4.79 Å². The quantitative estimate of drug-likeness (QED) is 0.867. The number of hydrogen-bond acceptors (Lipinski definition) is 2. The van der Waals surface area contributed by atoms with Crippen LogP contribution in [0.1, 0.15) is 50.5 Å². The maximum Gasteiger partial charge on any atom is 0.227 e. The highest BCUT2D eigenvalue weighted by Gasteiger charge is 2.22. The predicted octanol–water partition coefficient (Wildman–Crippen LogP) is 2.81. The molecule has 0 saturated heterocycles. The van der Waals surface area contributed by atoms with Gasteiger partial charge >= 0.3 is 0 Å². The Labute approximate surface area is 121 Å². The van der Waals surface area contributed by atoms with Gasteiger partial charge in [0.05, 0.1) is 5.92 Å². The van der Waals surface area contributed by atoms with Gasteiger partial charge in [-0.2, -0.15) is 0 Å². The zero-order chi connectivity index (χ0) is 14.4. The second-order valence-electron chi connectivity index (χ2n) is 5.91. The lowest BCUT2D eigenvalue weighted by Crippen LogP contribution is -2.37. The van der Waals surface area contributed by atoms with E-state index in [1.165, 1.54) is 12.8 Å². The SMILES string of the molecule is CCC(C(=O)NCC1CCCC(N)C1)c1ccccc1. The Balaban J connectivity index is 1.87. The molecule has 3 unspecified atom stereocenters. The summed E-state index contributed by atoms with van der Waals surface area (Å²) in [5.41, 5.74) is 7.10. The smallest absolute Gasteiger partial charge is 0.227 e. The van der Waals surface area contributed by atoms with E-state index in [4.69, 9.17) is 5.73 Å². The standard InChI is InChI=1S/C17H26N2O/c1-2-16(14-8-4-3-5-9-14)17(20)19-12-13-7-6-10-15(18)11-13/h3-5,8-9,13,15-16H,2,6-7,10-12,18H2,1H3,(H,19,20). The van der Waals surface area contributed by atoms with Crippen molar-refractivity contribution in [1.82, 2.24) is 5.32 Å². The summed E-state index contributed by atoms with van der Waals surface area (Å²) >= 11 is 0. The van der Waals surface area contributed by atoms with Crippen LogP contribution in [-0.4, -0.2) is 18.5 Å². The van der Waals surface area contributed by atoms with Crippen molar-refractivity contribution in [3.8, 4) is 0 Å². The van der Waals surface area contributed by atoms with Gasteiger partial charge in [-0.05, 0) is 37.2 Å². The Kier molecular flexibility index (Phi) is 5.60. The van der Waals surface area contributed by atoms with Crippen molar-refractivity contribution in [1.29, 1.82) is 0 Å². The molecule has 2 rings (SSSR count). The Morgan fingerprint density at radius 3 is 2.75 bits per heavy atom. The minimum atomic E-state index is -0.0338. The van der Waals surface area contributed by atoms with E-state index in [0.717, 1.165) is 31.4 Å². The molecule has 3 N–H and O–H groups in total. The molecule has 1 amide bonds. The molecule has 1 aliphatic rings. The van der Waals surface area contributed by atoms with Gasteiger partial charge in [-0.1, -0.05) is 43.7 Å². The molecule has 1 aromatic carbocycles. The van der Waals surface area contributed by atoms with Gasteiger partial charge in [-0.3, -0.25) is 4.79 Å². The minimum absolute atomic E-state index is 0.0338. The maximum absolute atomic E-state index is 12.4. The molecule has 1 aliphatic carbocycles. The molecule has 3 nitrogen and oxygen atoms in total. The fourth-order valence-corrected chi connectivity index (χ4v) is 3.14. The van der Waals surface area contributed by atoms with Crippen molar-refractivity contribution in [3.05, 3.63) is 35.9 Å². The largest absolute Gasteiger partial charge is 0.355 e. The van der Waals surface area contributed by atoms with Crippen LogP contribution >= 0.6 is 0 Å². The monoisotopic (exact) mass is 274 g/mol. The molecule has 1 fully saturated rings. The summed E-state index contributed by atoms with van der Waals surface area (Å²) in [6.45, 7) is 2.84. The molecule has 0 spiro atoms. The number of nitrogens with two attached hydrogens (primary N) is 1. The van der Waals surface area contributed by atoms with E-state index in [1.807, 2.05) is 30.3 Å².